The fourth-order valence-corrected chi connectivity index (χ4v) is 5.11. The van der Waals surface area contributed by atoms with Crippen LogP contribution >= 0.6 is 34.5 Å². The zero-order chi connectivity index (χ0) is 30.8. The van der Waals surface area contributed by atoms with Crippen LogP contribution in [0.4, 0.5) is 18.9 Å². The van der Waals surface area contributed by atoms with Crippen molar-refractivity contribution in [3.8, 4) is 11.5 Å². The van der Waals surface area contributed by atoms with Gasteiger partial charge in [-0.25, -0.2) is 18.2 Å². The average Bonchev–Trinajstić information content (AvgIpc) is 3.28. The van der Waals surface area contributed by atoms with Crippen molar-refractivity contribution in [1.29, 1.82) is 0 Å². The standard InChI is InChI=1S/C25H22Cl2N2O3S2.C2HF3O2/c1-25(2,34(3,30)31)16-4-9-22-15(10-16)11-23(33-22)24(28)29-19-12-18(27)13-21(14-19)32-20-7-5-17(26)6-8-20;3-2(4,5)1(6)7/h4-14H,1-3H3,(H2,28,29);(H,6,7). The number of halogens is 5. The van der Waals surface area contributed by atoms with Crippen molar-refractivity contribution in [3.05, 3.63) is 87.2 Å². The van der Waals surface area contributed by atoms with Crippen LogP contribution in [-0.4, -0.2) is 37.8 Å². The maximum absolute atomic E-state index is 12.2. The first-order valence-corrected chi connectivity index (χ1v) is 15.0. The Labute approximate surface area is 247 Å². The van der Waals surface area contributed by atoms with Gasteiger partial charge in [-0.3, -0.25) is 0 Å². The number of rotatable bonds is 6. The molecule has 0 unspecified atom stereocenters. The highest BCUT2D eigenvalue weighted by molar-refractivity contribution is 7.91. The van der Waals surface area contributed by atoms with E-state index in [-0.39, 0.29) is 0 Å². The van der Waals surface area contributed by atoms with Gasteiger partial charge in [0.25, 0.3) is 0 Å². The minimum atomic E-state index is -5.08. The van der Waals surface area contributed by atoms with Crippen LogP contribution in [0.2, 0.25) is 10.0 Å². The molecule has 1 heterocycles. The molecule has 0 fully saturated rings. The second-order valence-corrected chi connectivity index (χ2v) is 13.7. The first-order chi connectivity index (χ1) is 18.9. The van der Waals surface area contributed by atoms with Gasteiger partial charge >= 0.3 is 12.1 Å². The molecule has 0 saturated heterocycles. The van der Waals surface area contributed by atoms with E-state index < -0.39 is 26.7 Å². The molecular formula is C27H23Cl2F3N2O5S2. The van der Waals surface area contributed by atoms with E-state index in [4.69, 9.17) is 43.6 Å². The third-order valence-corrected chi connectivity index (χ3v) is 9.49. The summed E-state index contributed by atoms with van der Waals surface area (Å²) >= 11 is 13.7. The predicted molar refractivity (Wildman–Crippen MR) is 157 cm³/mol. The Balaban J connectivity index is 0.000000587. The minimum Gasteiger partial charge on any atom is -0.475 e. The van der Waals surface area contributed by atoms with E-state index >= 15 is 0 Å². The molecule has 0 radical (unpaired) electrons. The molecule has 0 aliphatic rings. The second-order valence-electron chi connectivity index (χ2n) is 9.15. The van der Waals surface area contributed by atoms with E-state index in [1.807, 2.05) is 24.3 Å². The number of ether oxygens (including phenoxy) is 1. The number of hydrogen-bond acceptors (Lipinski definition) is 6. The summed E-state index contributed by atoms with van der Waals surface area (Å²) in [4.78, 5) is 14.2. The van der Waals surface area contributed by atoms with Crippen molar-refractivity contribution in [2.45, 2.75) is 24.8 Å². The molecule has 3 aromatic carbocycles. The molecule has 0 bridgehead atoms. The number of amidine groups is 1. The lowest BCUT2D eigenvalue weighted by Gasteiger charge is -2.23. The van der Waals surface area contributed by atoms with Crippen molar-refractivity contribution < 1.29 is 36.2 Å². The van der Waals surface area contributed by atoms with Crippen LogP contribution in [-0.2, 0) is 19.4 Å². The van der Waals surface area contributed by atoms with Crippen molar-refractivity contribution in [3.63, 3.8) is 0 Å². The molecule has 218 valence electrons. The third-order valence-electron chi connectivity index (χ3n) is 5.79. The number of aliphatic carboxylic acids is 1. The molecule has 14 heteroatoms. The van der Waals surface area contributed by atoms with Gasteiger partial charge in [-0.1, -0.05) is 29.3 Å². The van der Waals surface area contributed by atoms with Crippen molar-refractivity contribution >= 4 is 72.0 Å². The fraction of sp³-hybridized carbons (Fsp3) is 0.185. The van der Waals surface area contributed by atoms with Crippen molar-refractivity contribution in [2.75, 3.05) is 6.26 Å². The highest BCUT2D eigenvalue weighted by Crippen LogP contribution is 2.35. The summed E-state index contributed by atoms with van der Waals surface area (Å²) < 4.78 is 62.0. The Morgan fingerprint density at radius 3 is 2.12 bits per heavy atom. The zero-order valence-electron chi connectivity index (χ0n) is 21.7. The quantitative estimate of drug-likeness (QED) is 0.162. The third kappa shape index (κ3) is 8.35. The lowest BCUT2D eigenvalue weighted by Crippen LogP contribution is -2.27. The van der Waals surface area contributed by atoms with E-state index in [1.54, 1.807) is 56.3 Å². The van der Waals surface area contributed by atoms with Crippen molar-refractivity contribution in [2.24, 2.45) is 10.7 Å². The molecule has 0 amide bonds. The summed E-state index contributed by atoms with van der Waals surface area (Å²) in [7, 11) is -3.28. The van der Waals surface area contributed by atoms with Gasteiger partial charge < -0.3 is 15.6 Å². The summed E-state index contributed by atoms with van der Waals surface area (Å²) in [6.45, 7) is 3.41. The smallest absolute Gasteiger partial charge is 0.475 e. The largest absolute Gasteiger partial charge is 0.490 e. The minimum absolute atomic E-state index is 0.324. The monoisotopic (exact) mass is 646 g/mol. The average molecular weight is 648 g/mol. The molecular weight excluding hydrogens is 624 g/mol. The number of carbonyl (C=O) groups is 1. The number of aliphatic imine (C=N–C) groups is 1. The van der Waals surface area contributed by atoms with Crippen LogP contribution in [0.15, 0.2) is 71.7 Å². The molecule has 0 saturated carbocycles. The molecule has 0 aliphatic heterocycles. The summed E-state index contributed by atoms with van der Waals surface area (Å²) in [5, 5.41) is 9.11. The lowest BCUT2D eigenvalue weighted by atomic mass is 10.0. The van der Waals surface area contributed by atoms with Gasteiger partial charge in [0, 0.05) is 27.1 Å². The first-order valence-electron chi connectivity index (χ1n) is 11.5. The molecule has 0 atom stereocenters. The number of benzene rings is 3. The Kier molecular flexibility index (Phi) is 9.64. The van der Waals surface area contributed by atoms with Gasteiger partial charge in [0.15, 0.2) is 9.84 Å². The van der Waals surface area contributed by atoms with Gasteiger partial charge in [-0.2, -0.15) is 13.2 Å². The number of alkyl halides is 3. The first kappa shape index (κ1) is 32.2. The molecule has 41 heavy (non-hydrogen) atoms. The van der Waals surface area contributed by atoms with Gasteiger partial charge in [-0.15, -0.1) is 11.3 Å². The Morgan fingerprint density at radius 2 is 1.56 bits per heavy atom. The van der Waals surface area contributed by atoms with Crippen LogP contribution in [0, 0.1) is 0 Å². The Bertz CT molecular complexity index is 1720. The van der Waals surface area contributed by atoms with Crippen LogP contribution < -0.4 is 10.5 Å². The Morgan fingerprint density at radius 1 is 0.951 bits per heavy atom. The summed E-state index contributed by atoms with van der Waals surface area (Å²) in [6.07, 6.45) is -3.84. The van der Waals surface area contributed by atoms with E-state index in [0.717, 1.165) is 20.5 Å². The maximum Gasteiger partial charge on any atom is 0.490 e. The van der Waals surface area contributed by atoms with Crippen LogP contribution in [0.25, 0.3) is 10.1 Å². The summed E-state index contributed by atoms with van der Waals surface area (Å²) in [5.41, 5.74) is 7.59. The normalized spacial score (nSPS) is 12.5. The number of carboxylic acid groups (broad SMARTS) is 1. The van der Waals surface area contributed by atoms with Crippen LogP contribution in [0.5, 0.6) is 11.5 Å². The Hall–Kier alpha value is -3.32. The fourth-order valence-electron chi connectivity index (χ4n) is 3.26. The molecule has 0 aliphatic carbocycles. The summed E-state index contributed by atoms with van der Waals surface area (Å²) in [6, 6.07) is 19.7. The van der Waals surface area contributed by atoms with Crippen LogP contribution in [0.3, 0.4) is 0 Å². The second kappa shape index (κ2) is 12.3. The van der Waals surface area contributed by atoms with E-state index in [2.05, 4.69) is 4.99 Å². The lowest BCUT2D eigenvalue weighted by molar-refractivity contribution is -0.192. The summed E-state index contributed by atoms with van der Waals surface area (Å²) in [5.74, 6) is -1.30. The number of hydrogen-bond donors (Lipinski definition) is 2. The molecule has 1 aromatic heterocycles. The molecule has 0 spiro atoms. The van der Waals surface area contributed by atoms with Crippen molar-refractivity contribution in [1.82, 2.24) is 0 Å². The molecule has 4 rings (SSSR count). The highest BCUT2D eigenvalue weighted by atomic mass is 35.5. The molecule has 4 aromatic rings. The SMILES string of the molecule is CC(C)(c1ccc2sc(C(N)=Nc3cc(Cl)cc(Oc4ccc(Cl)cc4)c3)cc2c1)S(C)(=O)=O.O=C(O)C(F)(F)F. The van der Waals surface area contributed by atoms with E-state index in [9.17, 15) is 21.6 Å². The maximum atomic E-state index is 12.2. The predicted octanol–water partition coefficient (Wildman–Crippen LogP) is 7.95. The molecule has 3 N–H and O–H groups in total. The van der Waals surface area contributed by atoms with Gasteiger partial charge in [0.05, 0.1) is 15.3 Å². The van der Waals surface area contributed by atoms with Gasteiger partial charge in [0.1, 0.15) is 17.3 Å². The number of nitrogens with two attached hydrogens (primary N) is 1. The number of sulfone groups is 1. The number of nitrogens with zero attached hydrogens (tertiary/aromatic N) is 1. The van der Waals surface area contributed by atoms with Gasteiger partial charge in [0.2, 0.25) is 0 Å². The van der Waals surface area contributed by atoms with Gasteiger partial charge in [-0.05, 0) is 79.4 Å². The highest BCUT2D eigenvalue weighted by Gasteiger charge is 2.38. The van der Waals surface area contributed by atoms with E-state index in [0.29, 0.717) is 33.1 Å². The molecule has 7 nitrogen and oxygen atoms in total. The number of carboxylic acids is 1. The zero-order valence-corrected chi connectivity index (χ0v) is 24.8. The number of thiophene rings is 1. The number of fused-ring (bicyclic) bond motifs is 1. The van der Waals surface area contributed by atoms with E-state index in [1.165, 1.54) is 17.6 Å². The topological polar surface area (TPSA) is 119 Å². The van der Waals surface area contributed by atoms with Crippen LogP contribution in [0.1, 0.15) is 24.3 Å².